The van der Waals surface area contributed by atoms with Crippen LogP contribution in [-0.4, -0.2) is 16.8 Å². The molecule has 0 fully saturated rings. The molecule has 3 rings (SSSR count). The van der Waals surface area contributed by atoms with Crippen molar-refractivity contribution in [2.75, 3.05) is 11.1 Å². The molecule has 3 aromatic carbocycles. The smallest absolute Gasteiger partial charge is 0.234 e. The minimum absolute atomic E-state index is 0.0785. The van der Waals surface area contributed by atoms with Crippen molar-refractivity contribution < 1.29 is 9.90 Å². The van der Waals surface area contributed by atoms with E-state index in [4.69, 9.17) is 0 Å². The summed E-state index contributed by atoms with van der Waals surface area (Å²) in [4.78, 5) is 12.4. The highest BCUT2D eigenvalue weighted by atomic mass is 32.2. The van der Waals surface area contributed by atoms with E-state index in [0.717, 1.165) is 16.7 Å². The van der Waals surface area contributed by atoms with Gasteiger partial charge in [0.1, 0.15) is 5.75 Å². The van der Waals surface area contributed by atoms with Crippen molar-refractivity contribution in [3.8, 4) is 5.75 Å². The molecule has 0 saturated heterocycles. The average Bonchev–Trinajstić information content (AvgIpc) is 2.66. The number of aryl methyl sites for hydroxylation is 1. The summed E-state index contributed by atoms with van der Waals surface area (Å²) >= 11 is 1.57. The van der Waals surface area contributed by atoms with E-state index in [0.29, 0.717) is 11.4 Å². The van der Waals surface area contributed by atoms with Crippen molar-refractivity contribution in [3.63, 3.8) is 0 Å². The average molecular weight is 363 g/mol. The molecule has 0 saturated carbocycles. The minimum Gasteiger partial charge on any atom is -0.506 e. The van der Waals surface area contributed by atoms with Crippen LogP contribution in [-0.2, 0) is 4.79 Å². The third-order valence-electron chi connectivity index (χ3n) is 4.01. The van der Waals surface area contributed by atoms with E-state index in [1.54, 1.807) is 23.9 Å². The van der Waals surface area contributed by atoms with Gasteiger partial charge in [-0.05, 0) is 35.7 Å². The molecule has 0 atom stereocenters. The van der Waals surface area contributed by atoms with Gasteiger partial charge in [-0.15, -0.1) is 11.8 Å². The highest BCUT2D eigenvalue weighted by Crippen LogP contribution is 2.35. The lowest BCUT2D eigenvalue weighted by molar-refractivity contribution is -0.113. The maximum absolute atomic E-state index is 12.4. The van der Waals surface area contributed by atoms with E-state index in [1.165, 1.54) is 0 Å². The Balaban J connectivity index is 1.71. The Labute approximate surface area is 158 Å². The quantitative estimate of drug-likeness (QED) is 0.595. The number of carbonyl (C=O) groups is 1. The Morgan fingerprint density at radius 3 is 2.08 bits per heavy atom. The molecule has 1 amide bonds. The largest absolute Gasteiger partial charge is 0.506 e. The molecule has 0 bridgehead atoms. The van der Waals surface area contributed by atoms with Crippen LogP contribution in [0, 0.1) is 6.92 Å². The lowest BCUT2D eigenvalue weighted by atomic mass is 10.0. The second-order valence-electron chi connectivity index (χ2n) is 6.08. The summed E-state index contributed by atoms with van der Waals surface area (Å²) in [6, 6.07) is 25.6. The number of phenolic OH excluding ortho intramolecular Hbond substituents is 1. The van der Waals surface area contributed by atoms with Gasteiger partial charge in [-0.25, -0.2) is 0 Å². The molecular formula is C22H21NO2S. The Morgan fingerprint density at radius 2 is 1.54 bits per heavy atom. The molecule has 0 aliphatic carbocycles. The number of anilines is 1. The third kappa shape index (κ3) is 4.67. The van der Waals surface area contributed by atoms with E-state index >= 15 is 0 Å². The molecule has 26 heavy (non-hydrogen) atoms. The maximum Gasteiger partial charge on any atom is 0.234 e. The Hall–Kier alpha value is -2.72. The van der Waals surface area contributed by atoms with E-state index in [9.17, 15) is 9.90 Å². The van der Waals surface area contributed by atoms with E-state index < -0.39 is 0 Å². The van der Waals surface area contributed by atoms with Crippen LogP contribution in [0.5, 0.6) is 5.75 Å². The summed E-state index contributed by atoms with van der Waals surface area (Å²) in [5, 5.41) is 12.8. The first-order valence-corrected chi connectivity index (χ1v) is 9.49. The lowest BCUT2D eigenvalue weighted by Gasteiger charge is -2.17. The molecule has 2 N–H and O–H groups in total. The van der Waals surface area contributed by atoms with Gasteiger partial charge in [0.2, 0.25) is 5.91 Å². The van der Waals surface area contributed by atoms with Crippen LogP contribution in [0.15, 0.2) is 78.9 Å². The van der Waals surface area contributed by atoms with Crippen LogP contribution in [0.1, 0.15) is 21.9 Å². The summed E-state index contributed by atoms with van der Waals surface area (Å²) < 4.78 is 0. The number of thioether (sulfide) groups is 1. The Morgan fingerprint density at radius 1 is 0.962 bits per heavy atom. The van der Waals surface area contributed by atoms with Crippen LogP contribution in [0.4, 0.5) is 5.69 Å². The number of hydrogen-bond donors (Lipinski definition) is 2. The highest BCUT2D eigenvalue weighted by Gasteiger charge is 2.16. The van der Waals surface area contributed by atoms with Gasteiger partial charge in [-0.1, -0.05) is 66.7 Å². The number of amides is 1. The normalized spacial score (nSPS) is 10.7. The zero-order valence-electron chi connectivity index (χ0n) is 14.6. The first-order chi connectivity index (χ1) is 12.6. The highest BCUT2D eigenvalue weighted by molar-refractivity contribution is 8.00. The topological polar surface area (TPSA) is 49.3 Å². The number of rotatable bonds is 6. The molecule has 0 aromatic heterocycles. The van der Waals surface area contributed by atoms with Crippen LogP contribution < -0.4 is 5.32 Å². The maximum atomic E-state index is 12.4. The Kier molecular flexibility index (Phi) is 5.97. The monoisotopic (exact) mass is 363 g/mol. The summed E-state index contributed by atoms with van der Waals surface area (Å²) in [6.45, 7) is 1.89. The standard InChI is InChI=1S/C22H21NO2S/c1-16-12-13-19(20(24)14-16)23-21(25)15-26-22(17-8-4-2-5-9-17)18-10-6-3-7-11-18/h2-14,22,24H,15H2,1H3,(H,23,25). The molecule has 4 heteroatoms. The summed E-state index contributed by atoms with van der Waals surface area (Å²) in [5.41, 5.74) is 3.71. The first kappa shape index (κ1) is 18.1. The van der Waals surface area contributed by atoms with Crippen LogP contribution in [0.25, 0.3) is 0 Å². The van der Waals surface area contributed by atoms with Crippen molar-refractivity contribution in [3.05, 3.63) is 95.6 Å². The first-order valence-electron chi connectivity index (χ1n) is 8.44. The number of phenols is 1. The van der Waals surface area contributed by atoms with Gasteiger partial charge in [0.15, 0.2) is 0 Å². The molecule has 0 spiro atoms. The van der Waals surface area contributed by atoms with Crippen LogP contribution in [0.2, 0.25) is 0 Å². The molecule has 0 heterocycles. The number of benzene rings is 3. The van der Waals surface area contributed by atoms with Crippen LogP contribution in [0.3, 0.4) is 0 Å². The minimum atomic E-state index is -0.133. The predicted octanol–water partition coefficient (Wildman–Crippen LogP) is 5.16. The van der Waals surface area contributed by atoms with E-state index in [2.05, 4.69) is 29.6 Å². The number of nitrogens with one attached hydrogen (secondary N) is 1. The summed E-state index contributed by atoms with van der Waals surface area (Å²) in [7, 11) is 0. The van der Waals surface area contributed by atoms with Gasteiger partial charge in [-0.3, -0.25) is 4.79 Å². The van der Waals surface area contributed by atoms with E-state index in [-0.39, 0.29) is 16.9 Å². The fraction of sp³-hybridized carbons (Fsp3) is 0.136. The zero-order valence-corrected chi connectivity index (χ0v) is 15.4. The van der Waals surface area contributed by atoms with Gasteiger partial charge < -0.3 is 10.4 Å². The van der Waals surface area contributed by atoms with Gasteiger partial charge in [0.05, 0.1) is 16.7 Å². The molecule has 0 radical (unpaired) electrons. The fourth-order valence-corrected chi connectivity index (χ4v) is 3.82. The SMILES string of the molecule is Cc1ccc(NC(=O)CSC(c2ccccc2)c2ccccc2)c(O)c1. The molecule has 0 aliphatic rings. The number of hydrogen-bond acceptors (Lipinski definition) is 3. The third-order valence-corrected chi connectivity index (χ3v) is 5.32. The van der Waals surface area contributed by atoms with Crippen LogP contribution >= 0.6 is 11.8 Å². The molecule has 3 aromatic rings. The van der Waals surface area contributed by atoms with E-state index in [1.807, 2.05) is 49.4 Å². The fourth-order valence-electron chi connectivity index (χ4n) is 2.73. The van der Waals surface area contributed by atoms with Crippen molar-refractivity contribution in [1.82, 2.24) is 0 Å². The zero-order chi connectivity index (χ0) is 18.4. The number of carbonyl (C=O) groups excluding carboxylic acids is 1. The second-order valence-corrected chi connectivity index (χ2v) is 7.17. The number of aromatic hydroxyl groups is 1. The second kappa shape index (κ2) is 8.59. The van der Waals surface area contributed by atoms with Crippen molar-refractivity contribution in [2.24, 2.45) is 0 Å². The van der Waals surface area contributed by atoms with Gasteiger partial charge >= 0.3 is 0 Å². The molecular weight excluding hydrogens is 342 g/mol. The molecule has 3 nitrogen and oxygen atoms in total. The molecule has 132 valence electrons. The van der Waals surface area contributed by atoms with Gasteiger partial charge in [0, 0.05) is 0 Å². The summed E-state index contributed by atoms with van der Waals surface area (Å²) in [5.74, 6) is 0.249. The molecule has 0 aliphatic heterocycles. The lowest BCUT2D eigenvalue weighted by Crippen LogP contribution is -2.15. The summed E-state index contributed by atoms with van der Waals surface area (Å²) in [6.07, 6.45) is 0. The van der Waals surface area contributed by atoms with Gasteiger partial charge in [-0.2, -0.15) is 0 Å². The van der Waals surface area contributed by atoms with Crippen molar-refractivity contribution >= 4 is 23.4 Å². The van der Waals surface area contributed by atoms with Gasteiger partial charge in [0.25, 0.3) is 0 Å². The predicted molar refractivity (Wildman–Crippen MR) is 109 cm³/mol. The van der Waals surface area contributed by atoms with Crippen molar-refractivity contribution in [2.45, 2.75) is 12.2 Å². The Bertz CT molecular complexity index is 826. The van der Waals surface area contributed by atoms with Crippen molar-refractivity contribution in [1.29, 1.82) is 0 Å². The molecule has 0 unspecified atom stereocenters.